The number of aryl methyl sites for hydroxylation is 2. The monoisotopic (exact) mass is 359 g/mol. The van der Waals surface area contributed by atoms with E-state index in [1.54, 1.807) is 13.1 Å². The molecule has 1 heterocycles. The first-order valence-electron chi connectivity index (χ1n) is 7.69. The molecule has 130 valence electrons. The van der Waals surface area contributed by atoms with Crippen LogP contribution in [0.15, 0.2) is 54.6 Å². The van der Waals surface area contributed by atoms with Gasteiger partial charge in [-0.15, -0.1) is 0 Å². The molecule has 0 amide bonds. The number of benzene rings is 2. The standard InChI is InChI=1S/C18H18FN3O2S/c1-13-5-3-4-6-16(13)17-11-18(22(2)20-17)21-25(23,24)12-14-7-9-15(19)10-8-14/h3-11,21H,12H2,1-2H3. The van der Waals surface area contributed by atoms with Crippen molar-refractivity contribution in [2.24, 2.45) is 7.05 Å². The third kappa shape index (κ3) is 4.06. The highest BCUT2D eigenvalue weighted by molar-refractivity contribution is 7.91. The SMILES string of the molecule is Cc1ccccc1-c1cc(NS(=O)(=O)Cc2ccc(F)cc2)n(C)n1. The van der Waals surface area contributed by atoms with Gasteiger partial charge >= 0.3 is 0 Å². The van der Waals surface area contributed by atoms with Gasteiger partial charge in [0.2, 0.25) is 10.0 Å². The Labute approximate surface area is 146 Å². The number of rotatable bonds is 5. The molecule has 0 fully saturated rings. The van der Waals surface area contributed by atoms with E-state index in [-0.39, 0.29) is 5.75 Å². The lowest BCUT2D eigenvalue weighted by atomic mass is 10.1. The fourth-order valence-corrected chi connectivity index (χ4v) is 3.76. The van der Waals surface area contributed by atoms with Crippen molar-refractivity contribution in [3.63, 3.8) is 0 Å². The van der Waals surface area contributed by atoms with Gasteiger partial charge in [-0.3, -0.25) is 9.40 Å². The third-order valence-electron chi connectivity index (χ3n) is 3.83. The molecule has 1 N–H and O–H groups in total. The zero-order chi connectivity index (χ0) is 18.0. The predicted molar refractivity (Wildman–Crippen MR) is 96.0 cm³/mol. The van der Waals surface area contributed by atoms with Gasteiger partial charge in [-0.1, -0.05) is 36.4 Å². The van der Waals surface area contributed by atoms with Crippen molar-refractivity contribution in [3.05, 3.63) is 71.5 Å². The zero-order valence-electron chi connectivity index (χ0n) is 13.9. The van der Waals surface area contributed by atoms with E-state index in [0.29, 0.717) is 17.1 Å². The highest BCUT2D eigenvalue weighted by atomic mass is 32.2. The molecule has 25 heavy (non-hydrogen) atoms. The average molecular weight is 359 g/mol. The van der Waals surface area contributed by atoms with Crippen molar-refractivity contribution in [3.8, 4) is 11.3 Å². The molecule has 0 atom stereocenters. The minimum Gasteiger partial charge on any atom is -0.267 e. The minimum atomic E-state index is -3.64. The van der Waals surface area contributed by atoms with Gasteiger partial charge in [0, 0.05) is 18.7 Å². The number of aromatic nitrogens is 2. The Balaban J connectivity index is 1.83. The Morgan fingerprint density at radius 1 is 1.12 bits per heavy atom. The Morgan fingerprint density at radius 2 is 1.80 bits per heavy atom. The quantitative estimate of drug-likeness (QED) is 0.759. The molecule has 0 radical (unpaired) electrons. The first-order valence-corrected chi connectivity index (χ1v) is 9.34. The molecule has 3 aromatic rings. The molecule has 1 aromatic heterocycles. The van der Waals surface area contributed by atoms with Gasteiger partial charge in [-0.05, 0) is 30.2 Å². The van der Waals surface area contributed by atoms with Crippen molar-refractivity contribution >= 4 is 15.8 Å². The Bertz CT molecular complexity index is 995. The lowest BCUT2D eigenvalue weighted by Gasteiger charge is -2.07. The molecule has 0 aliphatic carbocycles. The molecular weight excluding hydrogens is 341 g/mol. The van der Waals surface area contributed by atoms with Crippen LogP contribution in [0.3, 0.4) is 0 Å². The summed E-state index contributed by atoms with van der Waals surface area (Å²) in [6, 6.07) is 14.9. The van der Waals surface area contributed by atoms with E-state index in [4.69, 9.17) is 0 Å². The smallest absolute Gasteiger partial charge is 0.238 e. The van der Waals surface area contributed by atoms with Gasteiger partial charge in [0.1, 0.15) is 11.6 Å². The Hall–Kier alpha value is -2.67. The van der Waals surface area contributed by atoms with Crippen molar-refractivity contribution in [1.29, 1.82) is 0 Å². The normalized spacial score (nSPS) is 11.5. The molecule has 0 aliphatic rings. The van der Waals surface area contributed by atoms with Crippen LogP contribution in [0.2, 0.25) is 0 Å². The van der Waals surface area contributed by atoms with Crippen molar-refractivity contribution in [2.75, 3.05) is 4.72 Å². The number of halogens is 1. The molecule has 2 aromatic carbocycles. The van der Waals surface area contributed by atoms with Crippen LogP contribution in [0.5, 0.6) is 0 Å². The fraction of sp³-hybridized carbons (Fsp3) is 0.167. The minimum absolute atomic E-state index is 0.238. The second-order valence-corrected chi connectivity index (χ2v) is 7.56. The summed E-state index contributed by atoms with van der Waals surface area (Å²) in [6.07, 6.45) is 0. The molecule has 5 nitrogen and oxygen atoms in total. The number of anilines is 1. The van der Waals surface area contributed by atoms with Crippen molar-refractivity contribution < 1.29 is 12.8 Å². The van der Waals surface area contributed by atoms with E-state index >= 15 is 0 Å². The van der Waals surface area contributed by atoms with Crippen LogP contribution in [-0.4, -0.2) is 18.2 Å². The van der Waals surface area contributed by atoms with Crippen LogP contribution in [0.25, 0.3) is 11.3 Å². The summed E-state index contributed by atoms with van der Waals surface area (Å²) in [5.41, 5.74) is 3.21. The number of hydrogen-bond donors (Lipinski definition) is 1. The molecule has 0 aliphatic heterocycles. The maximum Gasteiger partial charge on any atom is 0.238 e. The van der Waals surface area contributed by atoms with E-state index in [9.17, 15) is 12.8 Å². The van der Waals surface area contributed by atoms with E-state index in [2.05, 4.69) is 9.82 Å². The summed E-state index contributed by atoms with van der Waals surface area (Å²) >= 11 is 0. The van der Waals surface area contributed by atoms with E-state index in [1.807, 2.05) is 31.2 Å². The topological polar surface area (TPSA) is 64.0 Å². The van der Waals surface area contributed by atoms with Crippen LogP contribution in [-0.2, 0) is 22.8 Å². The second-order valence-electron chi connectivity index (χ2n) is 5.84. The third-order valence-corrected chi connectivity index (χ3v) is 5.06. The molecule has 0 unspecified atom stereocenters. The molecular formula is C18H18FN3O2S. The molecule has 0 saturated carbocycles. The summed E-state index contributed by atoms with van der Waals surface area (Å²) in [6.45, 7) is 1.97. The summed E-state index contributed by atoms with van der Waals surface area (Å²) in [5, 5.41) is 4.38. The van der Waals surface area contributed by atoms with Crippen LogP contribution < -0.4 is 4.72 Å². The lowest BCUT2D eigenvalue weighted by Crippen LogP contribution is -2.17. The number of nitrogens with zero attached hydrogens (tertiary/aromatic N) is 2. The van der Waals surface area contributed by atoms with Gasteiger partial charge < -0.3 is 0 Å². The Morgan fingerprint density at radius 3 is 2.48 bits per heavy atom. The second kappa shape index (κ2) is 6.68. The number of sulfonamides is 1. The Kier molecular flexibility index (Phi) is 4.59. The highest BCUT2D eigenvalue weighted by Crippen LogP contribution is 2.25. The van der Waals surface area contributed by atoms with Gasteiger partial charge in [-0.25, -0.2) is 12.8 Å². The largest absolute Gasteiger partial charge is 0.267 e. The predicted octanol–water partition coefficient (Wildman–Crippen LogP) is 3.48. The summed E-state index contributed by atoms with van der Waals surface area (Å²) in [7, 11) is -1.96. The molecule has 0 spiro atoms. The van der Waals surface area contributed by atoms with E-state index in [0.717, 1.165) is 11.1 Å². The van der Waals surface area contributed by atoms with Crippen LogP contribution >= 0.6 is 0 Å². The molecule has 0 saturated heterocycles. The van der Waals surface area contributed by atoms with Crippen molar-refractivity contribution in [2.45, 2.75) is 12.7 Å². The van der Waals surface area contributed by atoms with Crippen molar-refractivity contribution in [1.82, 2.24) is 9.78 Å². The first-order chi connectivity index (χ1) is 11.8. The van der Waals surface area contributed by atoms with Crippen LogP contribution in [0, 0.1) is 12.7 Å². The first kappa shape index (κ1) is 17.2. The lowest BCUT2D eigenvalue weighted by molar-refractivity contribution is 0.599. The van der Waals surface area contributed by atoms with Crippen LogP contribution in [0.4, 0.5) is 10.2 Å². The van der Waals surface area contributed by atoms with Gasteiger partial charge in [0.25, 0.3) is 0 Å². The van der Waals surface area contributed by atoms with Gasteiger partial charge in [-0.2, -0.15) is 5.10 Å². The van der Waals surface area contributed by atoms with Gasteiger partial charge in [0.05, 0.1) is 11.4 Å². The highest BCUT2D eigenvalue weighted by Gasteiger charge is 2.16. The maximum absolute atomic E-state index is 12.9. The molecule has 3 rings (SSSR count). The van der Waals surface area contributed by atoms with E-state index < -0.39 is 15.8 Å². The fourth-order valence-electron chi connectivity index (χ4n) is 2.55. The number of nitrogens with one attached hydrogen (secondary N) is 1. The van der Waals surface area contributed by atoms with E-state index in [1.165, 1.54) is 28.9 Å². The maximum atomic E-state index is 12.9. The summed E-state index contributed by atoms with van der Waals surface area (Å²) in [5.74, 6) is -0.262. The molecule has 0 bridgehead atoms. The van der Waals surface area contributed by atoms with Gasteiger partial charge in [0.15, 0.2) is 0 Å². The molecule has 7 heteroatoms. The summed E-state index contributed by atoms with van der Waals surface area (Å²) in [4.78, 5) is 0. The zero-order valence-corrected chi connectivity index (χ0v) is 14.7. The average Bonchev–Trinajstić information content (AvgIpc) is 2.90. The summed E-state index contributed by atoms with van der Waals surface area (Å²) < 4.78 is 41.7. The number of hydrogen-bond acceptors (Lipinski definition) is 3. The van der Waals surface area contributed by atoms with Crippen LogP contribution in [0.1, 0.15) is 11.1 Å².